The van der Waals surface area contributed by atoms with Crippen LogP contribution in [0.5, 0.6) is 0 Å². The van der Waals surface area contributed by atoms with Crippen molar-refractivity contribution in [1.82, 2.24) is 5.32 Å². The first-order valence-corrected chi connectivity index (χ1v) is 6.97. The Morgan fingerprint density at radius 2 is 1.94 bits per heavy atom. The van der Waals surface area contributed by atoms with Crippen molar-refractivity contribution in [3.05, 3.63) is 0 Å². The van der Waals surface area contributed by atoms with Gasteiger partial charge in [0.2, 0.25) is 0 Å². The summed E-state index contributed by atoms with van der Waals surface area (Å²) in [4.78, 5) is 0. The summed E-state index contributed by atoms with van der Waals surface area (Å²) in [5.41, 5.74) is 0.0972. The fraction of sp³-hybridized carbons (Fsp3) is 1.00. The molecule has 1 aliphatic carbocycles. The lowest BCUT2D eigenvalue weighted by atomic mass is 9.74. The quantitative estimate of drug-likeness (QED) is 0.797. The molecule has 1 N–H and O–H groups in total. The maximum atomic E-state index is 6.01. The lowest BCUT2D eigenvalue weighted by molar-refractivity contribution is -0.0332. The molecule has 2 fully saturated rings. The highest BCUT2D eigenvalue weighted by atomic mass is 16.5. The average molecular weight is 225 g/mol. The van der Waals surface area contributed by atoms with Crippen LogP contribution in [0.3, 0.4) is 0 Å². The van der Waals surface area contributed by atoms with Gasteiger partial charge in [-0.25, -0.2) is 0 Å². The number of likely N-dealkylation sites (N-methyl/N-ethyl adjacent to an activating group) is 1. The van der Waals surface area contributed by atoms with Crippen molar-refractivity contribution in [2.75, 3.05) is 13.7 Å². The van der Waals surface area contributed by atoms with E-state index in [4.69, 9.17) is 4.74 Å². The third-order valence-electron chi connectivity index (χ3n) is 4.75. The molecule has 0 amide bonds. The van der Waals surface area contributed by atoms with Crippen molar-refractivity contribution in [2.24, 2.45) is 11.8 Å². The van der Waals surface area contributed by atoms with Crippen LogP contribution in [0.2, 0.25) is 0 Å². The van der Waals surface area contributed by atoms with Crippen LogP contribution >= 0.6 is 0 Å². The first-order chi connectivity index (χ1) is 7.65. The lowest BCUT2D eigenvalue weighted by Gasteiger charge is -2.41. The molecule has 2 atom stereocenters. The Morgan fingerprint density at radius 1 is 1.25 bits per heavy atom. The zero-order valence-electron chi connectivity index (χ0n) is 11.1. The molecule has 0 aromatic carbocycles. The molecule has 0 bridgehead atoms. The maximum Gasteiger partial charge on any atom is 0.0810 e. The van der Waals surface area contributed by atoms with Crippen LogP contribution < -0.4 is 5.32 Å². The molecule has 0 aromatic heterocycles. The Labute approximate surface area is 100 Å². The standard InChI is InChI=1S/C14H27NO/c1-11-5-7-12(8-6-11)13(15-3)14(2)9-4-10-16-14/h11-13,15H,4-10H2,1-3H3. The molecular formula is C14H27NO. The highest BCUT2D eigenvalue weighted by molar-refractivity contribution is 4.96. The van der Waals surface area contributed by atoms with Crippen LogP contribution in [0.15, 0.2) is 0 Å². The Bertz CT molecular complexity index is 215. The molecule has 94 valence electrons. The van der Waals surface area contributed by atoms with Crippen molar-refractivity contribution < 1.29 is 4.74 Å². The Kier molecular flexibility index (Phi) is 3.91. The second-order valence-electron chi connectivity index (χ2n) is 6.05. The number of hydrogen-bond donors (Lipinski definition) is 1. The predicted molar refractivity (Wildman–Crippen MR) is 67.6 cm³/mol. The molecule has 1 heterocycles. The summed E-state index contributed by atoms with van der Waals surface area (Å²) in [6.45, 7) is 5.65. The molecule has 2 aliphatic rings. The molecule has 2 nitrogen and oxygen atoms in total. The van der Waals surface area contributed by atoms with E-state index in [-0.39, 0.29) is 5.60 Å². The van der Waals surface area contributed by atoms with Crippen molar-refractivity contribution in [1.29, 1.82) is 0 Å². The van der Waals surface area contributed by atoms with Gasteiger partial charge < -0.3 is 10.1 Å². The summed E-state index contributed by atoms with van der Waals surface area (Å²) in [5, 5.41) is 3.54. The minimum atomic E-state index is 0.0972. The van der Waals surface area contributed by atoms with E-state index >= 15 is 0 Å². The van der Waals surface area contributed by atoms with Gasteiger partial charge in [0.1, 0.15) is 0 Å². The van der Waals surface area contributed by atoms with Gasteiger partial charge in [0.05, 0.1) is 5.60 Å². The van der Waals surface area contributed by atoms with Gasteiger partial charge in [0.15, 0.2) is 0 Å². The number of nitrogens with one attached hydrogen (secondary N) is 1. The summed E-state index contributed by atoms with van der Waals surface area (Å²) < 4.78 is 6.01. The molecule has 0 spiro atoms. The molecule has 0 radical (unpaired) electrons. The second-order valence-corrected chi connectivity index (χ2v) is 6.05. The van der Waals surface area contributed by atoms with E-state index in [2.05, 4.69) is 26.2 Å². The zero-order chi connectivity index (χ0) is 11.6. The Hall–Kier alpha value is -0.0800. The zero-order valence-corrected chi connectivity index (χ0v) is 11.1. The maximum absolute atomic E-state index is 6.01. The molecule has 1 saturated heterocycles. The highest BCUT2D eigenvalue weighted by Crippen LogP contribution is 2.38. The topological polar surface area (TPSA) is 21.3 Å². The minimum absolute atomic E-state index is 0.0972. The van der Waals surface area contributed by atoms with Gasteiger partial charge in [-0.15, -0.1) is 0 Å². The third-order valence-corrected chi connectivity index (χ3v) is 4.75. The molecule has 16 heavy (non-hydrogen) atoms. The number of hydrogen-bond acceptors (Lipinski definition) is 2. The third kappa shape index (κ3) is 2.43. The molecular weight excluding hydrogens is 198 g/mol. The molecule has 1 aliphatic heterocycles. The van der Waals surface area contributed by atoms with Crippen molar-refractivity contribution in [3.63, 3.8) is 0 Å². The summed E-state index contributed by atoms with van der Waals surface area (Å²) in [5.74, 6) is 1.76. The molecule has 0 aromatic rings. The van der Waals surface area contributed by atoms with E-state index in [0.29, 0.717) is 6.04 Å². The predicted octanol–water partition coefficient (Wildman–Crippen LogP) is 2.97. The summed E-state index contributed by atoms with van der Waals surface area (Å²) in [7, 11) is 2.11. The molecule has 1 saturated carbocycles. The number of rotatable bonds is 3. The smallest absolute Gasteiger partial charge is 0.0810 e. The van der Waals surface area contributed by atoms with E-state index in [1.165, 1.54) is 38.5 Å². The van der Waals surface area contributed by atoms with Crippen LogP contribution in [-0.4, -0.2) is 25.3 Å². The van der Waals surface area contributed by atoms with Crippen molar-refractivity contribution in [3.8, 4) is 0 Å². The van der Waals surface area contributed by atoms with Crippen molar-refractivity contribution >= 4 is 0 Å². The van der Waals surface area contributed by atoms with E-state index in [1.807, 2.05) is 0 Å². The van der Waals surface area contributed by atoms with Crippen LogP contribution in [0, 0.1) is 11.8 Å². The SMILES string of the molecule is CNC(C1CCC(C)CC1)C1(C)CCCO1. The molecule has 2 heteroatoms. The minimum Gasteiger partial charge on any atom is -0.374 e. The van der Waals surface area contributed by atoms with Gasteiger partial charge in [-0.2, -0.15) is 0 Å². The van der Waals surface area contributed by atoms with Gasteiger partial charge in [-0.3, -0.25) is 0 Å². The van der Waals surface area contributed by atoms with Crippen LogP contribution in [0.4, 0.5) is 0 Å². The van der Waals surface area contributed by atoms with Crippen LogP contribution in [-0.2, 0) is 4.74 Å². The van der Waals surface area contributed by atoms with Gasteiger partial charge in [0, 0.05) is 12.6 Å². The first-order valence-electron chi connectivity index (χ1n) is 6.97. The highest BCUT2D eigenvalue weighted by Gasteiger charge is 2.42. The first kappa shape index (κ1) is 12.4. The monoisotopic (exact) mass is 225 g/mol. The normalized spacial score (nSPS) is 42.2. The van der Waals surface area contributed by atoms with E-state index in [9.17, 15) is 0 Å². The van der Waals surface area contributed by atoms with E-state index in [1.54, 1.807) is 0 Å². The van der Waals surface area contributed by atoms with Crippen LogP contribution in [0.25, 0.3) is 0 Å². The average Bonchev–Trinajstić information content (AvgIpc) is 2.70. The summed E-state index contributed by atoms with van der Waals surface area (Å²) in [6, 6.07) is 0.558. The Morgan fingerprint density at radius 3 is 2.44 bits per heavy atom. The van der Waals surface area contributed by atoms with Crippen molar-refractivity contribution in [2.45, 2.75) is 64.0 Å². The van der Waals surface area contributed by atoms with E-state index < -0.39 is 0 Å². The summed E-state index contributed by atoms with van der Waals surface area (Å²) in [6.07, 6.45) is 8.03. The fourth-order valence-corrected chi connectivity index (χ4v) is 3.70. The van der Waals surface area contributed by atoms with Gasteiger partial charge >= 0.3 is 0 Å². The van der Waals surface area contributed by atoms with Crippen LogP contribution in [0.1, 0.15) is 52.4 Å². The van der Waals surface area contributed by atoms with Gasteiger partial charge in [-0.05, 0) is 51.5 Å². The lowest BCUT2D eigenvalue weighted by Crippen LogP contribution is -2.52. The number of ether oxygens (including phenoxy) is 1. The fourth-order valence-electron chi connectivity index (χ4n) is 3.70. The molecule has 2 unspecified atom stereocenters. The largest absolute Gasteiger partial charge is 0.374 e. The van der Waals surface area contributed by atoms with Gasteiger partial charge in [-0.1, -0.05) is 19.8 Å². The molecule has 2 rings (SSSR count). The van der Waals surface area contributed by atoms with Gasteiger partial charge in [0.25, 0.3) is 0 Å². The summed E-state index contributed by atoms with van der Waals surface area (Å²) >= 11 is 0. The second kappa shape index (κ2) is 5.05. The van der Waals surface area contributed by atoms with E-state index in [0.717, 1.165) is 18.4 Å². The Balaban J connectivity index is 1.99.